The van der Waals surface area contributed by atoms with Crippen LogP contribution in [-0.2, 0) is 0 Å². The van der Waals surface area contributed by atoms with Crippen LogP contribution in [0.2, 0.25) is 0 Å². The summed E-state index contributed by atoms with van der Waals surface area (Å²) in [6.07, 6.45) is 0. The van der Waals surface area contributed by atoms with Crippen LogP contribution in [0.1, 0.15) is 5.56 Å². The first-order valence-electron chi connectivity index (χ1n) is 4.14. The highest BCUT2D eigenvalue weighted by atomic mass is 16.5. The Morgan fingerprint density at radius 3 is 3.00 bits per heavy atom. The van der Waals surface area contributed by atoms with E-state index < -0.39 is 0 Å². The quantitative estimate of drug-likeness (QED) is 0.683. The maximum atomic E-state index is 5.08. The van der Waals surface area contributed by atoms with Gasteiger partial charge in [0, 0.05) is 5.56 Å². The molecular weight excluding hydrogens is 162 g/mol. The summed E-state index contributed by atoms with van der Waals surface area (Å²) in [6, 6.07) is 7.72. The molecule has 2 heteroatoms. The Morgan fingerprint density at radius 1 is 1.46 bits per heavy atom. The summed E-state index contributed by atoms with van der Waals surface area (Å²) in [4.78, 5) is 0. The molecule has 1 aromatic rings. The molecule has 0 amide bonds. The number of nitrogens with one attached hydrogen (secondary N) is 1. The minimum atomic E-state index is 0.706. The molecule has 2 nitrogen and oxygen atoms in total. The van der Waals surface area contributed by atoms with Gasteiger partial charge in [-0.25, -0.2) is 0 Å². The molecule has 0 aliphatic heterocycles. The Kier molecular flexibility index (Phi) is 3.87. The second-order valence-electron chi connectivity index (χ2n) is 2.56. The topological polar surface area (TPSA) is 21.3 Å². The second kappa shape index (κ2) is 5.23. The van der Waals surface area contributed by atoms with E-state index >= 15 is 0 Å². The lowest BCUT2D eigenvalue weighted by Crippen LogP contribution is -2.04. The zero-order valence-electron chi connectivity index (χ0n) is 7.92. The van der Waals surface area contributed by atoms with E-state index in [4.69, 9.17) is 4.74 Å². The molecule has 0 saturated carbocycles. The summed E-state index contributed by atoms with van der Waals surface area (Å²) < 4.78 is 5.08. The number of rotatable bonds is 2. The average Bonchev–Trinajstić information content (AvgIpc) is 2.19. The molecule has 0 radical (unpaired) electrons. The predicted octanol–water partition coefficient (Wildman–Crippen LogP) is 1.27. The molecule has 1 N–H and O–H groups in total. The van der Waals surface area contributed by atoms with Gasteiger partial charge < -0.3 is 10.1 Å². The van der Waals surface area contributed by atoms with Crippen molar-refractivity contribution in [2.45, 2.75) is 0 Å². The van der Waals surface area contributed by atoms with Gasteiger partial charge in [-0.2, -0.15) is 0 Å². The normalized spacial score (nSPS) is 8.77. The van der Waals surface area contributed by atoms with Crippen LogP contribution < -0.4 is 10.1 Å². The lowest BCUT2D eigenvalue weighted by molar-refractivity contribution is 0.414. The predicted molar refractivity (Wildman–Crippen MR) is 53.8 cm³/mol. The summed E-state index contributed by atoms with van der Waals surface area (Å²) in [5.74, 6) is 6.86. The number of hydrogen-bond donors (Lipinski definition) is 1. The van der Waals surface area contributed by atoms with Crippen molar-refractivity contribution in [1.82, 2.24) is 5.32 Å². The molecule has 0 unspecified atom stereocenters. The number of methoxy groups -OCH3 is 1. The van der Waals surface area contributed by atoms with Crippen LogP contribution >= 0.6 is 0 Å². The number of ether oxygens (including phenoxy) is 1. The fourth-order valence-electron chi connectivity index (χ4n) is 0.935. The summed E-state index contributed by atoms with van der Waals surface area (Å²) in [5, 5.41) is 2.96. The second-order valence-corrected chi connectivity index (χ2v) is 2.56. The number of benzene rings is 1. The maximum Gasteiger partial charge on any atom is 0.120 e. The third kappa shape index (κ3) is 3.18. The van der Waals surface area contributed by atoms with Gasteiger partial charge in [0.1, 0.15) is 5.75 Å². The molecule has 0 spiro atoms. The first-order chi connectivity index (χ1) is 6.36. The van der Waals surface area contributed by atoms with E-state index in [0.29, 0.717) is 6.54 Å². The van der Waals surface area contributed by atoms with Crippen molar-refractivity contribution in [2.24, 2.45) is 0 Å². The third-order valence-electron chi connectivity index (χ3n) is 1.57. The smallest absolute Gasteiger partial charge is 0.120 e. The Labute approximate surface area is 78.9 Å². The molecule has 0 saturated heterocycles. The van der Waals surface area contributed by atoms with Crippen molar-refractivity contribution in [3.63, 3.8) is 0 Å². The van der Waals surface area contributed by atoms with Gasteiger partial charge in [-0.15, -0.1) is 0 Å². The molecule has 68 valence electrons. The Morgan fingerprint density at radius 2 is 2.31 bits per heavy atom. The summed E-state index contributed by atoms with van der Waals surface area (Å²) in [5.41, 5.74) is 0.981. The van der Waals surface area contributed by atoms with Crippen molar-refractivity contribution < 1.29 is 4.74 Å². The highest BCUT2D eigenvalue weighted by Crippen LogP contribution is 2.10. The Bertz CT molecular complexity index is 322. The fraction of sp³-hybridized carbons (Fsp3) is 0.273. The number of hydrogen-bond acceptors (Lipinski definition) is 2. The highest BCUT2D eigenvalue weighted by Gasteiger charge is 1.90. The van der Waals surface area contributed by atoms with E-state index in [9.17, 15) is 0 Å². The van der Waals surface area contributed by atoms with Crippen LogP contribution in [0.3, 0.4) is 0 Å². The van der Waals surface area contributed by atoms with Crippen LogP contribution in [0, 0.1) is 11.8 Å². The minimum Gasteiger partial charge on any atom is -0.497 e. The molecule has 0 atom stereocenters. The zero-order valence-corrected chi connectivity index (χ0v) is 7.92. The standard InChI is InChI=1S/C11H13NO/c1-12-8-4-6-10-5-3-7-11(9-10)13-2/h3,5,7,9,12H,8H2,1-2H3. The molecule has 0 aliphatic rings. The van der Waals surface area contributed by atoms with Gasteiger partial charge in [0.25, 0.3) is 0 Å². The van der Waals surface area contributed by atoms with Crippen molar-refractivity contribution >= 4 is 0 Å². The van der Waals surface area contributed by atoms with Crippen molar-refractivity contribution in [1.29, 1.82) is 0 Å². The molecule has 0 heterocycles. The van der Waals surface area contributed by atoms with E-state index in [-0.39, 0.29) is 0 Å². The van der Waals surface area contributed by atoms with Gasteiger partial charge in [0.15, 0.2) is 0 Å². The van der Waals surface area contributed by atoms with Crippen LogP contribution in [0.5, 0.6) is 5.75 Å². The van der Waals surface area contributed by atoms with Crippen LogP contribution in [0.25, 0.3) is 0 Å². The molecule has 0 aromatic heterocycles. The molecule has 1 aromatic carbocycles. The third-order valence-corrected chi connectivity index (χ3v) is 1.57. The van der Waals surface area contributed by atoms with Gasteiger partial charge in [0.2, 0.25) is 0 Å². The highest BCUT2D eigenvalue weighted by molar-refractivity contribution is 5.39. The molecule has 13 heavy (non-hydrogen) atoms. The van der Waals surface area contributed by atoms with Gasteiger partial charge in [-0.05, 0) is 25.2 Å². The first-order valence-corrected chi connectivity index (χ1v) is 4.14. The van der Waals surface area contributed by atoms with Crippen LogP contribution in [-0.4, -0.2) is 20.7 Å². The zero-order chi connectivity index (χ0) is 9.52. The average molecular weight is 175 g/mol. The van der Waals surface area contributed by atoms with Gasteiger partial charge in [-0.1, -0.05) is 17.9 Å². The van der Waals surface area contributed by atoms with E-state index in [0.717, 1.165) is 11.3 Å². The molecule has 0 aliphatic carbocycles. The summed E-state index contributed by atoms with van der Waals surface area (Å²) in [6.45, 7) is 0.706. The van der Waals surface area contributed by atoms with Crippen LogP contribution in [0.15, 0.2) is 24.3 Å². The van der Waals surface area contributed by atoms with E-state index in [1.54, 1.807) is 7.11 Å². The lowest BCUT2D eigenvalue weighted by Gasteiger charge is -1.98. The van der Waals surface area contributed by atoms with E-state index in [1.807, 2.05) is 31.3 Å². The molecule has 0 fully saturated rings. The van der Waals surface area contributed by atoms with Gasteiger partial charge in [-0.3, -0.25) is 0 Å². The Hall–Kier alpha value is -1.46. The van der Waals surface area contributed by atoms with Crippen molar-refractivity contribution in [2.75, 3.05) is 20.7 Å². The lowest BCUT2D eigenvalue weighted by atomic mass is 10.2. The van der Waals surface area contributed by atoms with Crippen LogP contribution in [0.4, 0.5) is 0 Å². The first kappa shape index (κ1) is 9.63. The maximum absolute atomic E-state index is 5.08. The van der Waals surface area contributed by atoms with Crippen molar-refractivity contribution in [3.8, 4) is 17.6 Å². The van der Waals surface area contributed by atoms with Gasteiger partial charge >= 0.3 is 0 Å². The molecule has 0 bridgehead atoms. The van der Waals surface area contributed by atoms with E-state index in [1.165, 1.54) is 0 Å². The van der Waals surface area contributed by atoms with Gasteiger partial charge in [0.05, 0.1) is 13.7 Å². The van der Waals surface area contributed by atoms with Crippen molar-refractivity contribution in [3.05, 3.63) is 29.8 Å². The largest absolute Gasteiger partial charge is 0.497 e. The summed E-state index contributed by atoms with van der Waals surface area (Å²) in [7, 11) is 3.53. The molecular formula is C11H13NO. The fourth-order valence-corrected chi connectivity index (χ4v) is 0.935. The SMILES string of the molecule is CNCC#Cc1cccc(OC)c1. The summed E-state index contributed by atoms with van der Waals surface area (Å²) >= 11 is 0. The Balaban J connectivity index is 2.73. The monoisotopic (exact) mass is 175 g/mol. The minimum absolute atomic E-state index is 0.706. The van der Waals surface area contributed by atoms with E-state index in [2.05, 4.69) is 17.2 Å². The molecule has 1 rings (SSSR count).